The van der Waals surface area contributed by atoms with Crippen molar-refractivity contribution in [1.82, 2.24) is 4.98 Å². The fraction of sp³-hybridized carbons (Fsp3) is 0.538. The molecule has 4 nitrogen and oxygen atoms in total. The highest BCUT2D eigenvalue weighted by Gasteiger charge is 2.24. The van der Waals surface area contributed by atoms with E-state index in [2.05, 4.69) is 29.8 Å². The molecule has 2 heterocycles. The van der Waals surface area contributed by atoms with Crippen LogP contribution >= 0.6 is 0 Å². The van der Waals surface area contributed by atoms with Crippen LogP contribution in [-0.4, -0.2) is 30.3 Å². The number of hydrogen-bond acceptors (Lipinski definition) is 4. The number of nitriles is 1. The second kappa shape index (κ2) is 5.15. The molecular weight excluding hydrogens is 214 g/mol. The molecule has 90 valence electrons. The smallest absolute Gasteiger partial charge is 0.142 e. The van der Waals surface area contributed by atoms with Crippen molar-refractivity contribution in [3.63, 3.8) is 0 Å². The molecule has 2 rings (SSSR count). The van der Waals surface area contributed by atoms with Gasteiger partial charge in [0.2, 0.25) is 0 Å². The van der Waals surface area contributed by atoms with Crippen molar-refractivity contribution in [2.45, 2.75) is 32.5 Å². The number of hydrogen-bond donors (Lipinski definition) is 0. The molecule has 0 bridgehead atoms. The number of ether oxygens (including phenoxy) is 1. The highest BCUT2D eigenvalue weighted by Crippen LogP contribution is 2.19. The van der Waals surface area contributed by atoms with E-state index in [1.54, 1.807) is 6.07 Å². The van der Waals surface area contributed by atoms with Crippen LogP contribution in [-0.2, 0) is 4.74 Å². The molecule has 1 saturated heterocycles. The van der Waals surface area contributed by atoms with Crippen molar-refractivity contribution in [1.29, 1.82) is 5.26 Å². The molecule has 1 aliphatic heterocycles. The summed E-state index contributed by atoms with van der Waals surface area (Å²) < 4.78 is 5.81. The van der Waals surface area contributed by atoms with E-state index in [-0.39, 0.29) is 12.2 Å². The number of pyridine rings is 1. The number of morpholine rings is 1. The fourth-order valence-corrected chi connectivity index (χ4v) is 2.12. The van der Waals surface area contributed by atoms with E-state index in [0.717, 1.165) is 25.3 Å². The van der Waals surface area contributed by atoms with Crippen molar-refractivity contribution in [3.05, 3.63) is 23.9 Å². The summed E-state index contributed by atoms with van der Waals surface area (Å²) in [4.78, 5) is 6.52. The van der Waals surface area contributed by atoms with Gasteiger partial charge in [-0.3, -0.25) is 0 Å². The minimum Gasteiger partial charge on any atom is -0.372 e. The van der Waals surface area contributed by atoms with E-state index >= 15 is 0 Å². The first-order valence-electron chi connectivity index (χ1n) is 6.00. The second-order valence-electron chi connectivity index (χ2n) is 4.37. The minimum atomic E-state index is 0.209. The third-order valence-corrected chi connectivity index (χ3v) is 2.95. The lowest BCUT2D eigenvalue weighted by atomic mass is 10.2. The Bertz CT molecular complexity index is 427. The molecule has 1 aliphatic rings. The van der Waals surface area contributed by atoms with Crippen molar-refractivity contribution in [2.24, 2.45) is 0 Å². The maximum absolute atomic E-state index is 8.85. The van der Waals surface area contributed by atoms with Gasteiger partial charge in [-0.15, -0.1) is 0 Å². The van der Waals surface area contributed by atoms with E-state index in [1.807, 2.05) is 12.1 Å². The van der Waals surface area contributed by atoms with Crippen molar-refractivity contribution >= 4 is 5.82 Å². The van der Waals surface area contributed by atoms with Crippen LogP contribution in [0.2, 0.25) is 0 Å². The molecule has 2 unspecified atom stereocenters. The van der Waals surface area contributed by atoms with Crippen LogP contribution in [0.4, 0.5) is 5.82 Å². The zero-order valence-electron chi connectivity index (χ0n) is 10.3. The van der Waals surface area contributed by atoms with Gasteiger partial charge in [0.15, 0.2) is 0 Å². The molecule has 17 heavy (non-hydrogen) atoms. The minimum absolute atomic E-state index is 0.209. The Kier molecular flexibility index (Phi) is 3.60. The molecule has 1 aromatic heterocycles. The molecule has 0 aromatic carbocycles. The van der Waals surface area contributed by atoms with Crippen LogP contribution in [0.3, 0.4) is 0 Å². The van der Waals surface area contributed by atoms with E-state index in [1.165, 1.54) is 0 Å². The predicted molar refractivity (Wildman–Crippen MR) is 65.8 cm³/mol. The molecule has 1 fully saturated rings. The summed E-state index contributed by atoms with van der Waals surface area (Å²) in [5, 5.41) is 8.85. The number of nitrogens with zero attached hydrogens (tertiary/aromatic N) is 3. The van der Waals surface area contributed by atoms with E-state index in [4.69, 9.17) is 10.00 Å². The van der Waals surface area contributed by atoms with Gasteiger partial charge < -0.3 is 9.64 Å². The Morgan fingerprint density at radius 1 is 1.53 bits per heavy atom. The molecule has 4 heteroatoms. The molecule has 2 atom stereocenters. The molecule has 0 radical (unpaired) electrons. The highest BCUT2D eigenvalue weighted by atomic mass is 16.5. The maximum atomic E-state index is 8.85. The lowest BCUT2D eigenvalue weighted by Crippen LogP contribution is -2.46. The van der Waals surface area contributed by atoms with Gasteiger partial charge in [0, 0.05) is 13.1 Å². The van der Waals surface area contributed by atoms with Crippen LogP contribution in [0.1, 0.15) is 26.0 Å². The number of rotatable bonds is 2. The Morgan fingerprint density at radius 3 is 3.06 bits per heavy atom. The first-order valence-corrected chi connectivity index (χ1v) is 6.00. The average molecular weight is 231 g/mol. The summed E-state index contributed by atoms with van der Waals surface area (Å²) in [6, 6.07) is 7.63. The molecular formula is C13H17N3O. The van der Waals surface area contributed by atoms with Gasteiger partial charge in [0.1, 0.15) is 17.6 Å². The number of aromatic nitrogens is 1. The Balaban J connectivity index is 2.18. The Morgan fingerprint density at radius 2 is 2.35 bits per heavy atom. The number of anilines is 1. The van der Waals surface area contributed by atoms with Gasteiger partial charge in [-0.25, -0.2) is 4.98 Å². The van der Waals surface area contributed by atoms with Gasteiger partial charge >= 0.3 is 0 Å². The van der Waals surface area contributed by atoms with Crippen LogP contribution in [0.15, 0.2) is 18.2 Å². The molecule has 0 spiro atoms. The molecule has 0 N–H and O–H groups in total. The summed E-state index contributed by atoms with van der Waals surface area (Å²) in [5.74, 6) is 0.873. The third kappa shape index (κ3) is 2.75. The van der Waals surface area contributed by atoms with Gasteiger partial charge in [-0.05, 0) is 25.5 Å². The van der Waals surface area contributed by atoms with Crippen molar-refractivity contribution < 1.29 is 4.74 Å². The third-order valence-electron chi connectivity index (χ3n) is 2.95. The topological polar surface area (TPSA) is 49.2 Å². The van der Waals surface area contributed by atoms with Gasteiger partial charge in [-0.1, -0.05) is 13.0 Å². The first kappa shape index (κ1) is 11.9. The summed E-state index contributed by atoms with van der Waals surface area (Å²) in [5.41, 5.74) is 0.467. The molecule has 1 aromatic rings. The molecule has 0 aliphatic carbocycles. The van der Waals surface area contributed by atoms with E-state index in [0.29, 0.717) is 5.69 Å². The second-order valence-corrected chi connectivity index (χ2v) is 4.37. The van der Waals surface area contributed by atoms with Crippen molar-refractivity contribution in [2.75, 3.05) is 18.0 Å². The van der Waals surface area contributed by atoms with Crippen LogP contribution in [0.5, 0.6) is 0 Å². The summed E-state index contributed by atoms with van der Waals surface area (Å²) >= 11 is 0. The van der Waals surface area contributed by atoms with Gasteiger partial charge in [0.05, 0.1) is 12.2 Å². The van der Waals surface area contributed by atoms with Crippen molar-refractivity contribution in [3.8, 4) is 6.07 Å². The van der Waals surface area contributed by atoms with Gasteiger partial charge in [0.25, 0.3) is 0 Å². The largest absolute Gasteiger partial charge is 0.372 e. The van der Waals surface area contributed by atoms with Crippen LogP contribution in [0, 0.1) is 11.3 Å². The SMILES string of the molecule is CCC1CN(c2cccc(C#N)n2)CC(C)O1. The lowest BCUT2D eigenvalue weighted by molar-refractivity contribution is -0.0174. The quantitative estimate of drug-likeness (QED) is 0.780. The molecule has 0 amide bonds. The van der Waals surface area contributed by atoms with E-state index < -0.39 is 0 Å². The monoisotopic (exact) mass is 231 g/mol. The Labute approximate surface area is 102 Å². The summed E-state index contributed by atoms with van der Waals surface area (Å²) in [7, 11) is 0. The predicted octanol–water partition coefficient (Wildman–Crippen LogP) is 1.96. The fourth-order valence-electron chi connectivity index (χ4n) is 2.12. The lowest BCUT2D eigenvalue weighted by Gasteiger charge is -2.37. The van der Waals surface area contributed by atoms with Crippen LogP contribution < -0.4 is 4.90 Å². The van der Waals surface area contributed by atoms with E-state index in [9.17, 15) is 0 Å². The van der Waals surface area contributed by atoms with Crippen LogP contribution in [0.25, 0.3) is 0 Å². The Hall–Kier alpha value is -1.60. The maximum Gasteiger partial charge on any atom is 0.142 e. The normalized spacial score (nSPS) is 24.4. The molecule has 0 saturated carbocycles. The zero-order valence-corrected chi connectivity index (χ0v) is 10.3. The zero-order chi connectivity index (χ0) is 12.3. The highest BCUT2D eigenvalue weighted by molar-refractivity contribution is 5.42. The average Bonchev–Trinajstić information content (AvgIpc) is 2.38. The first-order chi connectivity index (χ1) is 8.22. The standard InChI is InChI=1S/C13H17N3O/c1-3-12-9-16(8-10(2)17-12)13-6-4-5-11(7-14)15-13/h4-6,10,12H,3,8-9H2,1-2H3. The van der Waals surface area contributed by atoms with Gasteiger partial charge in [-0.2, -0.15) is 5.26 Å². The summed E-state index contributed by atoms with van der Waals surface area (Å²) in [6.45, 7) is 5.88. The summed E-state index contributed by atoms with van der Waals surface area (Å²) in [6.07, 6.45) is 1.46.